The molecule has 6 rings (SSSR count). The van der Waals surface area contributed by atoms with Crippen molar-refractivity contribution in [3.05, 3.63) is 83.9 Å². The molecule has 9 heteroatoms. The van der Waals surface area contributed by atoms with E-state index in [9.17, 15) is 14.7 Å². The second-order valence-electron chi connectivity index (χ2n) is 11.1. The number of aliphatic hydroxyl groups excluding tert-OH is 1. The third kappa shape index (κ3) is 6.59. The molecular formula is C33H36N2O7. The molecule has 3 heterocycles. The van der Waals surface area contributed by atoms with E-state index in [1.165, 1.54) is 0 Å². The number of rotatable bonds is 9. The van der Waals surface area contributed by atoms with Crippen molar-refractivity contribution in [3.63, 3.8) is 0 Å². The van der Waals surface area contributed by atoms with Crippen LogP contribution in [0.25, 0.3) is 0 Å². The number of para-hydroxylation sites is 1. The molecule has 3 aliphatic heterocycles. The van der Waals surface area contributed by atoms with Crippen LogP contribution in [0.5, 0.6) is 17.2 Å². The summed E-state index contributed by atoms with van der Waals surface area (Å²) in [5, 5.41) is 16.1. The molecule has 0 saturated carbocycles. The fraction of sp³-hybridized carbons (Fsp3) is 0.394. The van der Waals surface area contributed by atoms with Crippen LogP contribution in [0.2, 0.25) is 0 Å². The normalized spacial score (nSPS) is 23.3. The Kier molecular flexibility index (Phi) is 8.69. The molecule has 3 aliphatic rings. The summed E-state index contributed by atoms with van der Waals surface area (Å²) in [6.45, 7) is 1.38. The van der Waals surface area contributed by atoms with Crippen molar-refractivity contribution < 1.29 is 33.6 Å². The number of benzene rings is 3. The first-order valence-electron chi connectivity index (χ1n) is 14.6. The highest BCUT2D eigenvalue weighted by Crippen LogP contribution is 2.47. The number of carbonyl (C=O) groups excluding carboxylic acids is 2. The third-order valence-corrected chi connectivity index (χ3v) is 8.16. The van der Waals surface area contributed by atoms with E-state index in [1.54, 1.807) is 0 Å². The van der Waals surface area contributed by atoms with Gasteiger partial charge in [0, 0.05) is 42.8 Å². The lowest BCUT2D eigenvalue weighted by Gasteiger charge is -2.37. The predicted molar refractivity (Wildman–Crippen MR) is 156 cm³/mol. The van der Waals surface area contributed by atoms with Gasteiger partial charge in [-0.05, 0) is 67.3 Å². The maximum absolute atomic E-state index is 12.9. The van der Waals surface area contributed by atoms with Gasteiger partial charge in [-0.2, -0.15) is 0 Å². The van der Waals surface area contributed by atoms with Crippen LogP contribution in [-0.2, 0) is 25.6 Å². The summed E-state index contributed by atoms with van der Waals surface area (Å²) in [4.78, 5) is 25.7. The quantitative estimate of drug-likeness (QED) is 0.345. The number of hydrogen-bond donors (Lipinski definition) is 3. The van der Waals surface area contributed by atoms with Gasteiger partial charge in [-0.1, -0.05) is 30.3 Å². The van der Waals surface area contributed by atoms with Crippen molar-refractivity contribution in [1.82, 2.24) is 5.32 Å². The third-order valence-electron chi connectivity index (χ3n) is 8.16. The first kappa shape index (κ1) is 28.2. The van der Waals surface area contributed by atoms with Crippen molar-refractivity contribution in [2.24, 2.45) is 5.92 Å². The second kappa shape index (κ2) is 12.9. The molecule has 2 fully saturated rings. The van der Waals surface area contributed by atoms with Gasteiger partial charge in [-0.3, -0.25) is 9.59 Å². The van der Waals surface area contributed by atoms with Crippen LogP contribution < -0.4 is 20.1 Å². The van der Waals surface area contributed by atoms with Crippen LogP contribution in [0.3, 0.4) is 0 Å². The maximum Gasteiger partial charge on any atom is 0.227 e. The topological polar surface area (TPSA) is 115 Å². The average molecular weight is 573 g/mol. The molecule has 0 aromatic heterocycles. The SMILES string of the molecule is O=C(C[C@@H]1C[C@H]2c3cc(NC(=O)C4CCOCC4)ccc3O[C@H]2[C@@H](CO)O1)NCc1ccc(Oc2ccccc2)cc1. The summed E-state index contributed by atoms with van der Waals surface area (Å²) in [5.74, 6) is 1.98. The molecule has 42 heavy (non-hydrogen) atoms. The number of hydrogen-bond acceptors (Lipinski definition) is 7. The Morgan fingerprint density at radius 3 is 2.48 bits per heavy atom. The van der Waals surface area contributed by atoms with Crippen LogP contribution in [0, 0.1) is 5.92 Å². The number of nitrogens with one attached hydrogen (secondary N) is 2. The summed E-state index contributed by atoms with van der Waals surface area (Å²) in [7, 11) is 0. The highest BCUT2D eigenvalue weighted by Gasteiger charge is 2.46. The molecule has 0 unspecified atom stereocenters. The summed E-state index contributed by atoms with van der Waals surface area (Å²) in [6.07, 6.45) is 0.916. The van der Waals surface area contributed by atoms with Crippen LogP contribution in [0.4, 0.5) is 5.69 Å². The van der Waals surface area contributed by atoms with Crippen LogP contribution in [-0.4, -0.2) is 55.1 Å². The molecule has 0 aliphatic carbocycles. The zero-order chi connectivity index (χ0) is 28.9. The van der Waals surface area contributed by atoms with Crippen LogP contribution >= 0.6 is 0 Å². The van der Waals surface area contributed by atoms with Gasteiger partial charge < -0.3 is 34.7 Å². The number of carbonyl (C=O) groups is 2. The number of ether oxygens (including phenoxy) is 4. The smallest absolute Gasteiger partial charge is 0.227 e. The van der Waals surface area contributed by atoms with Crippen molar-refractivity contribution in [2.45, 2.75) is 56.5 Å². The zero-order valence-electron chi connectivity index (χ0n) is 23.4. The summed E-state index contributed by atoms with van der Waals surface area (Å²) in [6, 6.07) is 22.8. The zero-order valence-corrected chi connectivity index (χ0v) is 23.4. The lowest BCUT2D eigenvalue weighted by molar-refractivity contribution is -0.142. The van der Waals surface area contributed by atoms with E-state index in [1.807, 2.05) is 72.8 Å². The van der Waals surface area contributed by atoms with Crippen LogP contribution in [0.15, 0.2) is 72.8 Å². The molecule has 220 valence electrons. The Morgan fingerprint density at radius 1 is 0.952 bits per heavy atom. The first-order valence-corrected chi connectivity index (χ1v) is 14.6. The molecule has 0 radical (unpaired) electrons. The summed E-state index contributed by atoms with van der Waals surface area (Å²) < 4.78 is 23.5. The lowest BCUT2D eigenvalue weighted by Crippen LogP contribution is -2.47. The molecular weight excluding hydrogens is 536 g/mol. The molecule has 9 nitrogen and oxygen atoms in total. The Balaban J connectivity index is 1.04. The monoisotopic (exact) mass is 572 g/mol. The average Bonchev–Trinajstić information content (AvgIpc) is 3.39. The molecule has 0 bridgehead atoms. The van der Waals surface area contributed by atoms with E-state index < -0.39 is 6.10 Å². The Bertz CT molecular complexity index is 1370. The minimum Gasteiger partial charge on any atom is -0.487 e. The van der Waals surface area contributed by atoms with Gasteiger partial charge in [0.2, 0.25) is 11.8 Å². The highest BCUT2D eigenvalue weighted by molar-refractivity contribution is 5.92. The number of amides is 2. The van der Waals surface area contributed by atoms with Gasteiger partial charge in [0.05, 0.1) is 19.1 Å². The minimum atomic E-state index is -0.550. The first-order chi connectivity index (χ1) is 20.6. The fourth-order valence-electron chi connectivity index (χ4n) is 5.95. The molecule has 3 aromatic carbocycles. The fourth-order valence-corrected chi connectivity index (χ4v) is 5.95. The van der Waals surface area contributed by atoms with Gasteiger partial charge in [-0.15, -0.1) is 0 Å². The molecule has 2 saturated heterocycles. The minimum absolute atomic E-state index is 0.00170. The maximum atomic E-state index is 12.9. The number of fused-ring (bicyclic) bond motifs is 3. The number of aliphatic hydroxyl groups is 1. The van der Waals surface area contributed by atoms with E-state index in [2.05, 4.69) is 10.6 Å². The van der Waals surface area contributed by atoms with Crippen molar-refractivity contribution in [2.75, 3.05) is 25.1 Å². The van der Waals surface area contributed by atoms with Crippen LogP contribution in [0.1, 0.15) is 42.7 Å². The van der Waals surface area contributed by atoms with E-state index in [0.29, 0.717) is 26.2 Å². The molecule has 3 N–H and O–H groups in total. The highest BCUT2D eigenvalue weighted by atomic mass is 16.6. The van der Waals surface area contributed by atoms with Gasteiger partial charge in [0.1, 0.15) is 29.5 Å². The van der Waals surface area contributed by atoms with E-state index >= 15 is 0 Å². The Labute approximate surface area is 245 Å². The Hall–Kier alpha value is -3.92. The summed E-state index contributed by atoms with van der Waals surface area (Å²) >= 11 is 0. The van der Waals surface area contributed by atoms with Crippen molar-refractivity contribution in [3.8, 4) is 17.2 Å². The van der Waals surface area contributed by atoms with E-state index in [0.717, 1.165) is 46.9 Å². The standard InChI is InChI=1S/C33H36N2O7/c36-20-30-32-28(27-16-23(8-11-29(27)42-32)35-33(38)22-12-14-39-15-13-22)17-26(41-30)18-31(37)34-19-21-6-9-25(10-7-21)40-24-4-2-1-3-5-24/h1-11,16,22,26,28,30,32,36H,12-15,17-20H2,(H,34,37)(H,35,38)/t26-,28-,30+,32+/m0/s1. The van der Waals surface area contributed by atoms with E-state index in [4.69, 9.17) is 18.9 Å². The molecule has 4 atom stereocenters. The molecule has 2 amide bonds. The second-order valence-corrected chi connectivity index (χ2v) is 11.1. The number of anilines is 1. The van der Waals surface area contributed by atoms with Gasteiger partial charge in [-0.25, -0.2) is 0 Å². The Morgan fingerprint density at radius 2 is 1.71 bits per heavy atom. The molecule has 3 aromatic rings. The predicted octanol–water partition coefficient (Wildman–Crippen LogP) is 4.54. The van der Waals surface area contributed by atoms with Gasteiger partial charge >= 0.3 is 0 Å². The lowest BCUT2D eigenvalue weighted by atomic mass is 9.84. The van der Waals surface area contributed by atoms with Gasteiger partial charge in [0.15, 0.2) is 0 Å². The summed E-state index contributed by atoms with van der Waals surface area (Å²) in [5.41, 5.74) is 2.64. The molecule has 0 spiro atoms. The van der Waals surface area contributed by atoms with Crippen molar-refractivity contribution >= 4 is 17.5 Å². The van der Waals surface area contributed by atoms with E-state index in [-0.39, 0.29) is 48.9 Å². The largest absolute Gasteiger partial charge is 0.487 e. The van der Waals surface area contributed by atoms with Gasteiger partial charge in [0.25, 0.3) is 0 Å². The van der Waals surface area contributed by atoms with Crippen molar-refractivity contribution in [1.29, 1.82) is 0 Å².